The molecule has 2 heteroatoms. The number of nitrogens with one attached hydrogen (secondary N) is 1. The molecule has 0 aliphatic heterocycles. The zero-order chi connectivity index (χ0) is 12.0. The van der Waals surface area contributed by atoms with E-state index in [2.05, 4.69) is 38.1 Å². The molecule has 0 amide bonds. The lowest BCUT2D eigenvalue weighted by Crippen LogP contribution is -2.65. The van der Waals surface area contributed by atoms with E-state index in [9.17, 15) is 5.21 Å². The summed E-state index contributed by atoms with van der Waals surface area (Å²) in [4.78, 5) is 0. The molecule has 2 nitrogen and oxygen atoms in total. The number of rotatable bonds is 5. The van der Waals surface area contributed by atoms with Gasteiger partial charge in [0.15, 0.2) is 5.71 Å². The van der Waals surface area contributed by atoms with Gasteiger partial charge in [0.05, 0.1) is 0 Å². The van der Waals surface area contributed by atoms with E-state index in [4.69, 9.17) is 0 Å². The molecule has 1 rings (SSSR count). The molecule has 0 radical (unpaired) electrons. The van der Waals surface area contributed by atoms with Gasteiger partial charge in [-0.15, -0.1) is 0 Å². The lowest BCUT2D eigenvalue weighted by Gasteiger charge is -2.06. The number of unbranched alkanes of at least 4 members (excludes halogenated alkanes) is 1. The van der Waals surface area contributed by atoms with Crippen LogP contribution < -0.4 is 5.16 Å². The van der Waals surface area contributed by atoms with Gasteiger partial charge in [0.2, 0.25) is 0 Å². The van der Waals surface area contributed by atoms with Gasteiger partial charge < -0.3 is 5.21 Å². The lowest BCUT2D eigenvalue weighted by molar-refractivity contribution is -0.374. The predicted molar refractivity (Wildman–Crippen MR) is 68.5 cm³/mol. The maximum atomic E-state index is 10.9. The van der Waals surface area contributed by atoms with E-state index < -0.39 is 0 Å². The molecule has 0 aliphatic carbocycles. The van der Waals surface area contributed by atoms with Crippen molar-refractivity contribution >= 4 is 5.71 Å². The molecule has 0 heterocycles. The summed E-state index contributed by atoms with van der Waals surface area (Å²) in [6, 6.07) is 8.27. The molecule has 0 bridgehead atoms. The summed E-state index contributed by atoms with van der Waals surface area (Å²) >= 11 is 0. The Morgan fingerprint density at radius 2 is 1.88 bits per heavy atom. The van der Waals surface area contributed by atoms with Crippen LogP contribution in [-0.4, -0.2) is 5.71 Å². The second kappa shape index (κ2) is 6.31. The van der Waals surface area contributed by atoms with E-state index in [0.29, 0.717) is 5.92 Å². The van der Waals surface area contributed by atoms with Crippen LogP contribution in [0.5, 0.6) is 0 Å². The van der Waals surface area contributed by atoms with Crippen molar-refractivity contribution in [2.45, 2.75) is 46.0 Å². The zero-order valence-corrected chi connectivity index (χ0v) is 10.4. The number of hydrogen-bond donors (Lipinski definition) is 1. The quantitative estimate of drug-likeness (QED) is 0.461. The minimum absolute atomic E-state index is 0.536. The average molecular weight is 219 g/mol. The molecule has 88 valence electrons. The first-order valence-electron chi connectivity index (χ1n) is 6.03. The minimum Gasteiger partial charge on any atom is -0.625 e. The average Bonchev–Trinajstić information content (AvgIpc) is 2.30. The lowest BCUT2D eigenvalue weighted by atomic mass is 9.99. The summed E-state index contributed by atoms with van der Waals surface area (Å²) in [6.45, 7) is 6.47. The van der Waals surface area contributed by atoms with Crippen LogP contribution in [-0.2, 0) is 0 Å². The van der Waals surface area contributed by atoms with E-state index in [1.54, 1.807) is 0 Å². The first-order chi connectivity index (χ1) is 7.69. The predicted octanol–water partition coefficient (Wildman–Crippen LogP) is 2.37. The van der Waals surface area contributed by atoms with E-state index in [0.717, 1.165) is 30.5 Å². The van der Waals surface area contributed by atoms with Gasteiger partial charge in [-0.25, -0.2) is 5.16 Å². The van der Waals surface area contributed by atoms with Crippen molar-refractivity contribution in [3.8, 4) is 0 Å². The van der Waals surface area contributed by atoms with Crippen molar-refractivity contribution in [2.75, 3.05) is 0 Å². The second-order valence-electron chi connectivity index (χ2n) is 4.46. The number of hydrogen-bond acceptors (Lipinski definition) is 1. The molecule has 16 heavy (non-hydrogen) atoms. The fourth-order valence-electron chi connectivity index (χ4n) is 1.68. The Hall–Kier alpha value is -1.31. The van der Waals surface area contributed by atoms with Gasteiger partial charge in [0, 0.05) is 12.0 Å². The highest BCUT2D eigenvalue weighted by Gasteiger charge is 2.08. The molecule has 0 saturated heterocycles. The summed E-state index contributed by atoms with van der Waals surface area (Å²) in [5, 5.41) is 12.9. The Balaban J connectivity index is 2.79. The summed E-state index contributed by atoms with van der Waals surface area (Å²) in [5.41, 5.74) is 3.13. The van der Waals surface area contributed by atoms with Crippen LogP contribution in [0.2, 0.25) is 0 Å². The van der Waals surface area contributed by atoms with Crippen molar-refractivity contribution < 1.29 is 5.16 Å². The van der Waals surface area contributed by atoms with Gasteiger partial charge >= 0.3 is 0 Å². The van der Waals surface area contributed by atoms with Crippen molar-refractivity contribution in [1.29, 1.82) is 0 Å². The molecule has 0 saturated carbocycles. The van der Waals surface area contributed by atoms with Crippen molar-refractivity contribution in [1.82, 2.24) is 0 Å². The Kier molecular flexibility index (Phi) is 5.03. The highest BCUT2D eigenvalue weighted by Crippen LogP contribution is 2.15. The van der Waals surface area contributed by atoms with Gasteiger partial charge in [-0.1, -0.05) is 39.3 Å². The van der Waals surface area contributed by atoms with Crippen LogP contribution in [0.4, 0.5) is 0 Å². The molecule has 1 aromatic carbocycles. The molecular formula is C14H21NO. The highest BCUT2D eigenvalue weighted by molar-refractivity contribution is 5.96. The molecule has 0 atom stereocenters. The van der Waals surface area contributed by atoms with E-state index in [-0.39, 0.29) is 0 Å². The third-order valence-electron chi connectivity index (χ3n) is 2.83. The largest absolute Gasteiger partial charge is 0.625 e. The van der Waals surface area contributed by atoms with Gasteiger partial charge in [0.1, 0.15) is 0 Å². The topological polar surface area (TPSA) is 37.0 Å². The van der Waals surface area contributed by atoms with Crippen LogP contribution in [0.1, 0.15) is 57.1 Å². The van der Waals surface area contributed by atoms with E-state index in [1.165, 1.54) is 5.56 Å². The van der Waals surface area contributed by atoms with Gasteiger partial charge in [-0.3, -0.25) is 0 Å². The van der Waals surface area contributed by atoms with Gasteiger partial charge in [0.25, 0.3) is 0 Å². The van der Waals surface area contributed by atoms with Crippen molar-refractivity contribution in [2.24, 2.45) is 0 Å². The van der Waals surface area contributed by atoms with E-state index in [1.807, 2.05) is 12.1 Å². The zero-order valence-electron chi connectivity index (χ0n) is 10.4. The van der Waals surface area contributed by atoms with Crippen LogP contribution in [0.25, 0.3) is 0 Å². The summed E-state index contributed by atoms with van der Waals surface area (Å²) in [5.74, 6) is 0.536. The SMILES string of the molecule is CCCCC(=[NH+][O-])c1ccc(C(C)C)cc1. The third kappa shape index (κ3) is 3.37. The van der Waals surface area contributed by atoms with Crippen LogP contribution in [0.15, 0.2) is 24.3 Å². The summed E-state index contributed by atoms with van der Waals surface area (Å²) in [7, 11) is 0. The van der Waals surface area contributed by atoms with Crippen molar-refractivity contribution in [3.63, 3.8) is 0 Å². The Bertz CT molecular complexity index is 338. The minimum atomic E-state index is 0.536. The maximum Gasteiger partial charge on any atom is 0.192 e. The molecule has 1 N–H and O–H groups in total. The maximum absolute atomic E-state index is 10.9. The first-order valence-corrected chi connectivity index (χ1v) is 6.03. The number of benzene rings is 1. The van der Waals surface area contributed by atoms with Crippen LogP contribution in [0, 0.1) is 5.21 Å². The molecule has 1 aromatic rings. The molecule has 0 aliphatic rings. The first kappa shape index (κ1) is 12.8. The fraction of sp³-hybridized carbons (Fsp3) is 0.500. The van der Waals surface area contributed by atoms with Gasteiger partial charge in [-0.05, 0) is 30.0 Å². The summed E-state index contributed by atoms with van der Waals surface area (Å²) < 4.78 is 0. The normalized spacial score (nSPS) is 12.1. The Morgan fingerprint density at radius 1 is 1.25 bits per heavy atom. The highest BCUT2D eigenvalue weighted by atomic mass is 16.4. The molecule has 0 aromatic heterocycles. The second-order valence-corrected chi connectivity index (χ2v) is 4.46. The monoisotopic (exact) mass is 219 g/mol. The van der Waals surface area contributed by atoms with E-state index >= 15 is 0 Å². The Labute approximate surface area is 98.0 Å². The standard InChI is InChI=1S/C14H21NO/c1-4-5-6-14(15-16)13-9-7-12(8-10-13)11(2)3/h7-11,15H,4-6H2,1-3H3. The summed E-state index contributed by atoms with van der Waals surface area (Å²) in [6.07, 6.45) is 2.99. The molecule has 0 fully saturated rings. The fourth-order valence-corrected chi connectivity index (χ4v) is 1.68. The smallest absolute Gasteiger partial charge is 0.192 e. The van der Waals surface area contributed by atoms with Gasteiger partial charge in [-0.2, -0.15) is 0 Å². The van der Waals surface area contributed by atoms with Crippen LogP contribution in [0.3, 0.4) is 0 Å². The van der Waals surface area contributed by atoms with Crippen LogP contribution >= 0.6 is 0 Å². The van der Waals surface area contributed by atoms with Crippen molar-refractivity contribution in [3.05, 3.63) is 40.6 Å². The molecule has 0 spiro atoms. The molecule has 0 unspecified atom stereocenters. The molecular weight excluding hydrogens is 198 g/mol. The third-order valence-corrected chi connectivity index (χ3v) is 2.83. The Morgan fingerprint density at radius 3 is 2.31 bits per heavy atom.